The van der Waals surface area contributed by atoms with E-state index in [0.29, 0.717) is 12.3 Å². The molecule has 2 fully saturated rings. The highest BCUT2D eigenvalue weighted by atomic mass is 19.1. The Morgan fingerprint density at radius 2 is 2.10 bits per heavy atom. The van der Waals surface area contributed by atoms with Crippen LogP contribution in [0.5, 0.6) is 0 Å². The predicted molar refractivity (Wildman–Crippen MR) is 38.4 cm³/mol. The third kappa shape index (κ3) is 1.31. The minimum Gasteiger partial charge on any atom is -0.325 e. The van der Waals surface area contributed by atoms with E-state index in [1.165, 1.54) is 0 Å². The van der Waals surface area contributed by atoms with E-state index in [2.05, 4.69) is 0 Å². The Kier molecular flexibility index (Phi) is 1.28. The van der Waals surface area contributed by atoms with Crippen LogP contribution in [0.1, 0.15) is 32.1 Å². The van der Waals surface area contributed by atoms with Crippen molar-refractivity contribution in [2.24, 2.45) is 11.7 Å². The molecule has 0 amide bonds. The SMILES string of the molecule is NC1(CC(F)C2CC2)CC1. The smallest absolute Gasteiger partial charge is 0.105 e. The van der Waals surface area contributed by atoms with Gasteiger partial charge in [-0.25, -0.2) is 4.39 Å². The lowest BCUT2D eigenvalue weighted by molar-refractivity contribution is 0.257. The first kappa shape index (κ1) is 6.59. The van der Waals surface area contributed by atoms with E-state index >= 15 is 0 Å². The van der Waals surface area contributed by atoms with Crippen molar-refractivity contribution in [2.75, 3.05) is 0 Å². The van der Waals surface area contributed by atoms with Crippen LogP contribution in [0.15, 0.2) is 0 Å². The monoisotopic (exact) mass is 143 g/mol. The maximum atomic E-state index is 13.0. The molecule has 0 saturated heterocycles. The van der Waals surface area contributed by atoms with Gasteiger partial charge in [0.2, 0.25) is 0 Å². The van der Waals surface area contributed by atoms with Gasteiger partial charge in [-0.15, -0.1) is 0 Å². The lowest BCUT2D eigenvalue weighted by Crippen LogP contribution is -2.26. The molecule has 0 aliphatic heterocycles. The zero-order valence-electron chi connectivity index (χ0n) is 6.15. The maximum absolute atomic E-state index is 13.0. The average molecular weight is 143 g/mol. The van der Waals surface area contributed by atoms with Crippen molar-refractivity contribution in [3.8, 4) is 0 Å². The number of hydrogen-bond acceptors (Lipinski definition) is 1. The second-order valence-corrected chi connectivity index (χ2v) is 3.92. The first-order valence-electron chi connectivity index (χ1n) is 4.13. The van der Waals surface area contributed by atoms with E-state index in [1.54, 1.807) is 0 Å². The van der Waals surface area contributed by atoms with Crippen LogP contribution in [0, 0.1) is 5.92 Å². The fraction of sp³-hybridized carbons (Fsp3) is 1.00. The standard InChI is InChI=1S/C8H14FN/c9-7(6-1-2-6)5-8(10)3-4-8/h6-7H,1-5,10H2. The molecule has 0 aromatic heterocycles. The van der Waals surface area contributed by atoms with Crippen LogP contribution < -0.4 is 5.73 Å². The van der Waals surface area contributed by atoms with Gasteiger partial charge in [-0.2, -0.15) is 0 Å². The van der Waals surface area contributed by atoms with Gasteiger partial charge in [-0.1, -0.05) is 0 Å². The number of hydrogen-bond donors (Lipinski definition) is 1. The molecule has 2 aliphatic rings. The quantitative estimate of drug-likeness (QED) is 0.638. The van der Waals surface area contributed by atoms with Crippen LogP contribution in [0.4, 0.5) is 4.39 Å². The van der Waals surface area contributed by atoms with E-state index in [-0.39, 0.29) is 5.54 Å². The Labute approximate surface area is 60.8 Å². The van der Waals surface area contributed by atoms with Gasteiger partial charge in [0.15, 0.2) is 0 Å². The summed E-state index contributed by atoms with van der Waals surface area (Å²) in [5, 5.41) is 0. The Bertz CT molecular complexity index is 138. The molecule has 2 saturated carbocycles. The zero-order valence-corrected chi connectivity index (χ0v) is 6.15. The summed E-state index contributed by atoms with van der Waals surface area (Å²) in [5.74, 6) is 0.376. The normalized spacial score (nSPS) is 31.8. The molecule has 2 heteroatoms. The van der Waals surface area contributed by atoms with Gasteiger partial charge in [0, 0.05) is 5.54 Å². The predicted octanol–water partition coefficient (Wildman–Crippen LogP) is 1.62. The van der Waals surface area contributed by atoms with Crippen LogP contribution in [0.3, 0.4) is 0 Å². The van der Waals surface area contributed by atoms with Crippen molar-refractivity contribution in [1.82, 2.24) is 0 Å². The summed E-state index contributed by atoms with van der Waals surface area (Å²) in [7, 11) is 0. The molecular formula is C8H14FN. The highest BCUT2D eigenvalue weighted by molar-refractivity contribution is 5.02. The summed E-state index contributed by atoms with van der Waals surface area (Å²) in [6.07, 6.45) is 4.30. The Morgan fingerprint density at radius 3 is 2.50 bits per heavy atom. The number of halogens is 1. The van der Waals surface area contributed by atoms with Crippen molar-refractivity contribution in [3.05, 3.63) is 0 Å². The lowest BCUT2D eigenvalue weighted by Gasteiger charge is -2.11. The summed E-state index contributed by atoms with van der Waals surface area (Å²) < 4.78 is 13.0. The van der Waals surface area contributed by atoms with Gasteiger partial charge in [-0.3, -0.25) is 0 Å². The van der Waals surface area contributed by atoms with Crippen molar-refractivity contribution in [3.63, 3.8) is 0 Å². The van der Waals surface area contributed by atoms with Crippen LogP contribution >= 0.6 is 0 Å². The first-order valence-corrected chi connectivity index (χ1v) is 4.13. The summed E-state index contributed by atoms with van der Waals surface area (Å²) in [6.45, 7) is 0. The van der Waals surface area contributed by atoms with Gasteiger partial charge >= 0.3 is 0 Å². The van der Waals surface area contributed by atoms with Crippen molar-refractivity contribution in [2.45, 2.75) is 43.8 Å². The lowest BCUT2D eigenvalue weighted by atomic mass is 10.1. The van der Waals surface area contributed by atoms with Gasteiger partial charge in [0.25, 0.3) is 0 Å². The highest BCUT2D eigenvalue weighted by Gasteiger charge is 2.44. The molecule has 2 aliphatic carbocycles. The van der Waals surface area contributed by atoms with Gasteiger partial charge in [-0.05, 0) is 38.0 Å². The second kappa shape index (κ2) is 1.94. The molecule has 0 aromatic rings. The summed E-state index contributed by atoms with van der Waals surface area (Å²) in [6, 6.07) is 0. The van der Waals surface area contributed by atoms with E-state index in [0.717, 1.165) is 25.7 Å². The largest absolute Gasteiger partial charge is 0.325 e. The molecule has 0 spiro atoms. The average Bonchev–Trinajstić information content (AvgIpc) is 2.60. The van der Waals surface area contributed by atoms with E-state index in [4.69, 9.17) is 5.73 Å². The van der Waals surface area contributed by atoms with Crippen LogP contribution in [-0.2, 0) is 0 Å². The summed E-state index contributed by atoms with van der Waals surface area (Å²) >= 11 is 0. The number of alkyl halides is 1. The third-order valence-corrected chi connectivity index (χ3v) is 2.63. The van der Waals surface area contributed by atoms with Gasteiger partial charge < -0.3 is 5.73 Å². The summed E-state index contributed by atoms with van der Waals surface area (Å²) in [5.41, 5.74) is 5.69. The van der Waals surface area contributed by atoms with Crippen LogP contribution in [-0.4, -0.2) is 11.7 Å². The van der Waals surface area contributed by atoms with E-state index < -0.39 is 6.17 Å². The minimum absolute atomic E-state index is 0.0813. The first-order chi connectivity index (χ1) is 4.70. The molecule has 2 rings (SSSR count). The van der Waals surface area contributed by atoms with Crippen LogP contribution in [0.25, 0.3) is 0 Å². The minimum atomic E-state index is -0.590. The molecule has 0 bridgehead atoms. The van der Waals surface area contributed by atoms with Gasteiger partial charge in [0.1, 0.15) is 6.17 Å². The number of nitrogens with two attached hydrogens (primary N) is 1. The molecular weight excluding hydrogens is 129 g/mol. The summed E-state index contributed by atoms with van der Waals surface area (Å²) in [4.78, 5) is 0. The van der Waals surface area contributed by atoms with E-state index in [9.17, 15) is 4.39 Å². The second-order valence-electron chi connectivity index (χ2n) is 3.92. The third-order valence-electron chi connectivity index (χ3n) is 2.63. The topological polar surface area (TPSA) is 26.0 Å². The van der Waals surface area contributed by atoms with Crippen molar-refractivity contribution < 1.29 is 4.39 Å². The highest BCUT2D eigenvalue weighted by Crippen LogP contribution is 2.43. The van der Waals surface area contributed by atoms with Crippen molar-refractivity contribution >= 4 is 0 Å². The fourth-order valence-electron chi connectivity index (χ4n) is 1.38. The Hall–Kier alpha value is -0.110. The molecule has 0 heterocycles. The molecule has 58 valence electrons. The Morgan fingerprint density at radius 1 is 1.50 bits per heavy atom. The van der Waals surface area contributed by atoms with Crippen molar-refractivity contribution in [1.29, 1.82) is 0 Å². The zero-order chi connectivity index (χ0) is 7.19. The fourth-order valence-corrected chi connectivity index (χ4v) is 1.38. The Balaban J connectivity index is 1.77. The van der Waals surface area contributed by atoms with Gasteiger partial charge in [0.05, 0.1) is 0 Å². The molecule has 10 heavy (non-hydrogen) atoms. The maximum Gasteiger partial charge on any atom is 0.105 e. The molecule has 1 atom stereocenters. The molecule has 0 radical (unpaired) electrons. The number of rotatable bonds is 3. The van der Waals surface area contributed by atoms with E-state index in [1.807, 2.05) is 0 Å². The molecule has 1 unspecified atom stereocenters. The molecule has 2 N–H and O–H groups in total. The molecule has 0 aromatic carbocycles. The van der Waals surface area contributed by atoms with Crippen LogP contribution in [0.2, 0.25) is 0 Å². The molecule has 1 nitrogen and oxygen atoms in total.